The third-order valence-electron chi connectivity index (χ3n) is 3.59. The van der Waals surface area contributed by atoms with E-state index in [1.165, 1.54) is 0 Å². The monoisotopic (exact) mass is 376 g/mol. The molecule has 0 spiro atoms. The summed E-state index contributed by atoms with van der Waals surface area (Å²) in [6, 6.07) is 7.28. The molecule has 23 heavy (non-hydrogen) atoms. The molecule has 1 saturated heterocycles. The molecule has 0 unspecified atom stereocenters. The molecule has 1 amide bonds. The maximum atomic E-state index is 12.4. The Kier molecular flexibility index (Phi) is 4.88. The summed E-state index contributed by atoms with van der Waals surface area (Å²) in [5.41, 5.74) is 2.14. The topological polar surface area (TPSA) is 67.4 Å². The van der Waals surface area contributed by atoms with Crippen LogP contribution in [-0.2, 0) is 4.74 Å². The summed E-state index contributed by atoms with van der Waals surface area (Å²) in [5.74, 6) is 0.316. The smallest absolute Gasteiger partial charge is 0.274 e. The highest BCUT2D eigenvalue weighted by atomic mass is 79.9. The average Bonchev–Trinajstić information content (AvgIpc) is 2.59. The minimum absolute atomic E-state index is 0.247. The van der Waals surface area contributed by atoms with Gasteiger partial charge in [-0.3, -0.25) is 4.79 Å². The number of hydrogen-bond donors (Lipinski definition) is 1. The SMILES string of the molecule is Cc1cc(NC(=O)c2ccnc(N3CCOCC3)n2)ccc1Br. The van der Waals surface area contributed by atoms with Crippen LogP contribution in [0.15, 0.2) is 34.9 Å². The largest absolute Gasteiger partial charge is 0.378 e. The van der Waals surface area contributed by atoms with Crippen molar-refractivity contribution in [1.29, 1.82) is 0 Å². The summed E-state index contributed by atoms with van der Waals surface area (Å²) in [5, 5.41) is 2.86. The molecule has 7 heteroatoms. The van der Waals surface area contributed by atoms with Gasteiger partial charge >= 0.3 is 0 Å². The van der Waals surface area contributed by atoms with Crippen LogP contribution >= 0.6 is 15.9 Å². The molecule has 0 radical (unpaired) electrons. The predicted octanol–water partition coefficient (Wildman–Crippen LogP) is 2.64. The number of nitrogens with zero attached hydrogens (tertiary/aromatic N) is 3. The van der Waals surface area contributed by atoms with Gasteiger partial charge in [-0.2, -0.15) is 0 Å². The van der Waals surface area contributed by atoms with Crippen LogP contribution in [-0.4, -0.2) is 42.2 Å². The lowest BCUT2D eigenvalue weighted by atomic mass is 10.2. The van der Waals surface area contributed by atoms with Gasteiger partial charge in [0.15, 0.2) is 0 Å². The van der Waals surface area contributed by atoms with Crippen molar-refractivity contribution >= 4 is 33.5 Å². The van der Waals surface area contributed by atoms with Crippen molar-refractivity contribution in [2.45, 2.75) is 6.92 Å². The molecule has 1 fully saturated rings. The van der Waals surface area contributed by atoms with E-state index in [1.807, 2.05) is 30.0 Å². The van der Waals surface area contributed by atoms with Crippen molar-refractivity contribution in [3.8, 4) is 0 Å². The van der Waals surface area contributed by atoms with Gasteiger partial charge in [0.2, 0.25) is 5.95 Å². The van der Waals surface area contributed by atoms with Gasteiger partial charge in [0.1, 0.15) is 5.69 Å². The van der Waals surface area contributed by atoms with Crippen LogP contribution in [0.2, 0.25) is 0 Å². The number of aryl methyl sites for hydroxylation is 1. The van der Waals surface area contributed by atoms with Gasteiger partial charge in [-0.05, 0) is 36.8 Å². The first-order valence-corrected chi connectivity index (χ1v) is 8.16. The zero-order valence-corrected chi connectivity index (χ0v) is 14.3. The predicted molar refractivity (Wildman–Crippen MR) is 91.9 cm³/mol. The Bertz CT molecular complexity index is 717. The third-order valence-corrected chi connectivity index (χ3v) is 4.47. The Labute approximate surface area is 143 Å². The summed E-state index contributed by atoms with van der Waals surface area (Å²) >= 11 is 3.45. The summed E-state index contributed by atoms with van der Waals surface area (Å²) in [6.07, 6.45) is 1.61. The molecular weight excluding hydrogens is 360 g/mol. The normalized spacial score (nSPS) is 14.6. The van der Waals surface area contributed by atoms with E-state index < -0.39 is 0 Å². The summed E-state index contributed by atoms with van der Waals surface area (Å²) in [4.78, 5) is 23.0. The standard InChI is InChI=1S/C16H17BrN4O2/c1-11-10-12(2-3-13(11)17)19-15(22)14-4-5-18-16(20-14)21-6-8-23-9-7-21/h2-5,10H,6-9H2,1H3,(H,19,22). The Morgan fingerprint density at radius 3 is 2.83 bits per heavy atom. The van der Waals surface area contributed by atoms with Crippen molar-refractivity contribution in [2.24, 2.45) is 0 Å². The number of halogens is 1. The molecule has 2 aromatic rings. The molecule has 1 aliphatic rings. The summed E-state index contributed by atoms with van der Waals surface area (Å²) < 4.78 is 6.32. The number of morpholine rings is 1. The maximum absolute atomic E-state index is 12.4. The number of benzene rings is 1. The Morgan fingerprint density at radius 2 is 2.09 bits per heavy atom. The number of rotatable bonds is 3. The van der Waals surface area contributed by atoms with E-state index in [2.05, 4.69) is 31.2 Å². The lowest BCUT2D eigenvalue weighted by molar-refractivity contribution is 0.102. The fourth-order valence-corrected chi connectivity index (χ4v) is 2.55. The van der Waals surface area contributed by atoms with Crippen molar-refractivity contribution in [2.75, 3.05) is 36.5 Å². The lowest BCUT2D eigenvalue weighted by Gasteiger charge is -2.26. The van der Waals surface area contributed by atoms with Gasteiger partial charge in [0, 0.05) is 29.4 Å². The second-order valence-corrected chi connectivity index (χ2v) is 6.11. The van der Waals surface area contributed by atoms with Crippen molar-refractivity contribution in [1.82, 2.24) is 9.97 Å². The number of carbonyl (C=O) groups is 1. The summed E-state index contributed by atoms with van der Waals surface area (Å²) in [6.45, 7) is 4.74. The Morgan fingerprint density at radius 1 is 1.30 bits per heavy atom. The van der Waals surface area contributed by atoms with Gasteiger partial charge in [-0.1, -0.05) is 15.9 Å². The fraction of sp³-hybridized carbons (Fsp3) is 0.312. The number of amides is 1. The highest BCUT2D eigenvalue weighted by molar-refractivity contribution is 9.10. The lowest BCUT2D eigenvalue weighted by Crippen LogP contribution is -2.37. The molecule has 2 heterocycles. The zero-order valence-electron chi connectivity index (χ0n) is 12.8. The quantitative estimate of drug-likeness (QED) is 0.891. The Balaban J connectivity index is 1.75. The molecule has 3 rings (SSSR count). The van der Waals surface area contributed by atoms with Gasteiger partial charge < -0.3 is 15.0 Å². The van der Waals surface area contributed by atoms with E-state index in [9.17, 15) is 4.79 Å². The van der Waals surface area contributed by atoms with Gasteiger partial charge in [0.05, 0.1) is 13.2 Å². The van der Waals surface area contributed by atoms with Crippen LogP contribution in [0.5, 0.6) is 0 Å². The molecule has 0 atom stereocenters. The molecule has 1 aromatic heterocycles. The number of ether oxygens (including phenoxy) is 1. The number of nitrogens with one attached hydrogen (secondary N) is 1. The molecule has 1 aromatic carbocycles. The van der Waals surface area contributed by atoms with Crippen LogP contribution in [0, 0.1) is 6.92 Å². The molecule has 0 saturated carbocycles. The van der Waals surface area contributed by atoms with Crippen LogP contribution in [0.25, 0.3) is 0 Å². The fourth-order valence-electron chi connectivity index (χ4n) is 2.31. The first kappa shape index (κ1) is 15.9. The van der Waals surface area contributed by atoms with E-state index in [0.717, 1.165) is 28.8 Å². The number of aromatic nitrogens is 2. The highest BCUT2D eigenvalue weighted by Crippen LogP contribution is 2.20. The second kappa shape index (κ2) is 7.06. The van der Waals surface area contributed by atoms with E-state index in [1.54, 1.807) is 12.3 Å². The van der Waals surface area contributed by atoms with Crippen LogP contribution < -0.4 is 10.2 Å². The highest BCUT2D eigenvalue weighted by Gasteiger charge is 2.16. The van der Waals surface area contributed by atoms with E-state index in [-0.39, 0.29) is 5.91 Å². The van der Waals surface area contributed by atoms with Crippen LogP contribution in [0.4, 0.5) is 11.6 Å². The minimum Gasteiger partial charge on any atom is -0.378 e. The van der Waals surface area contributed by atoms with Crippen molar-refractivity contribution in [3.63, 3.8) is 0 Å². The number of anilines is 2. The molecule has 120 valence electrons. The van der Waals surface area contributed by atoms with Crippen molar-refractivity contribution in [3.05, 3.63) is 46.2 Å². The zero-order chi connectivity index (χ0) is 16.2. The van der Waals surface area contributed by atoms with Gasteiger partial charge in [-0.15, -0.1) is 0 Å². The molecular formula is C16H17BrN4O2. The number of hydrogen-bond acceptors (Lipinski definition) is 5. The van der Waals surface area contributed by atoms with Crippen LogP contribution in [0.3, 0.4) is 0 Å². The molecule has 1 N–H and O–H groups in total. The maximum Gasteiger partial charge on any atom is 0.274 e. The molecule has 6 nitrogen and oxygen atoms in total. The minimum atomic E-state index is -0.247. The van der Waals surface area contributed by atoms with E-state index in [0.29, 0.717) is 24.9 Å². The van der Waals surface area contributed by atoms with Gasteiger partial charge in [-0.25, -0.2) is 9.97 Å². The third kappa shape index (κ3) is 3.86. The Hall–Kier alpha value is -1.99. The van der Waals surface area contributed by atoms with Gasteiger partial charge in [0.25, 0.3) is 5.91 Å². The molecule has 0 bridgehead atoms. The van der Waals surface area contributed by atoms with E-state index in [4.69, 9.17) is 4.74 Å². The van der Waals surface area contributed by atoms with E-state index >= 15 is 0 Å². The first-order valence-electron chi connectivity index (χ1n) is 7.37. The summed E-state index contributed by atoms with van der Waals surface area (Å²) in [7, 11) is 0. The molecule has 0 aliphatic carbocycles. The second-order valence-electron chi connectivity index (χ2n) is 5.26. The van der Waals surface area contributed by atoms with Crippen molar-refractivity contribution < 1.29 is 9.53 Å². The molecule has 1 aliphatic heterocycles. The average molecular weight is 377 g/mol. The first-order chi connectivity index (χ1) is 11.1. The van der Waals surface area contributed by atoms with Crippen LogP contribution in [0.1, 0.15) is 16.1 Å². The number of carbonyl (C=O) groups excluding carboxylic acids is 1.